The average molecular weight is 250 g/mol. The number of hydrogen-bond donors (Lipinski definition) is 0. The van der Waals surface area contributed by atoms with E-state index in [0.29, 0.717) is 0 Å². The molecule has 1 nitrogen and oxygen atoms in total. The standard InChI is InChI=1S/C15H20ClN/c1-17(2)11-14-5-3-4-13(14)10-12-6-8-15(16)9-7-12/h6-9H,3-5,10-11H2,1-2H3. The minimum Gasteiger partial charge on any atom is -0.305 e. The summed E-state index contributed by atoms with van der Waals surface area (Å²) in [7, 11) is 4.29. The zero-order valence-electron chi connectivity index (χ0n) is 10.7. The van der Waals surface area contributed by atoms with Crippen LogP contribution in [0.4, 0.5) is 0 Å². The van der Waals surface area contributed by atoms with Crippen molar-refractivity contribution in [3.63, 3.8) is 0 Å². The molecule has 0 bridgehead atoms. The zero-order chi connectivity index (χ0) is 12.3. The molecule has 0 radical (unpaired) electrons. The monoisotopic (exact) mass is 249 g/mol. The van der Waals surface area contributed by atoms with Crippen LogP contribution in [0, 0.1) is 0 Å². The third-order valence-corrected chi connectivity index (χ3v) is 3.55. The Bertz CT molecular complexity index is 403. The van der Waals surface area contributed by atoms with Crippen molar-refractivity contribution in [3.05, 3.63) is 46.0 Å². The molecule has 0 aliphatic heterocycles. The van der Waals surface area contributed by atoms with E-state index < -0.39 is 0 Å². The van der Waals surface area contributed by atoms with Gasteiger partial charge in [0.1, 0.15) is 0 Å². The van der Waals surface area contributed by atoms with E-state index in [1.54, 1.807) is 11.1 Å². The van der Waals surface area contributed by atoms with Gasteiger partial charge in [0.2, 0.25) is 0 Å². The zero-order valence-corrected chi connectivity index (χ0v) is 11.4. The van der Waals surface area contributed by atoms with Gasteiger partial charge in [-0.2, -0.15) is 0 Å². The van der Waals surface area contributed by atoms with Gasteiger partial charge in [-0.15, -0.1) is 0 Å². The molecule has 0 atom stereocenters. The van der Waals surface area contributed by atoms with Gasteiger partial charge in [0.05, 0.1) is 0 Å². The maximum Gasteiger partial charge on any atom is 0.0406 e. The van der Waals surface area contributed by atoms with Gasteiger partial charge in [0.25, 0.3) is 0 Å². The Labute approximate surface area is 109 Å². The fourth-order valence-corrected chi connectivity index (χ4v) is 2.63. The molecule has 2 rings (SSSR count). The molecule has 92 valence electrons. The van der Waals surface area contributed by atoms with Crippen LogP contribution in [-0.4, -0.2) is 25.5 Å². The molecule has 0 fully saturated rings. The summed E-state index contributed by atoms with van der Waals surface area (Å²) in [6.07, 6.45) is 4.97. The molecule has 0 saturated heterocycles. The van der Waals surface area contributed by atoms with E-state index in [1.165, 1.54) is 24.8 Å². The third kappa shape index (κ3) is 3.58. The Morgan fingerprint density at radius 3 is 2.35 bits per heavy atom. The molecule has 0 saturated carbocycles. The van der Waals surface area contributed by atoms with Crippen LogP contribution in [0.15, 0.2) is 35.4 Å². The number of allylic oxidation sites excluding steroid dienone is 1. The van der Waals surface area contributed by atoms with E-state index in [1.807, 2.05) is 12.1 Å². The highest BCUT2D eigenvalue weighted by atomic mass is 35.5. The number of rotatable bonds is 4. The topological polar surface area (TPSA) is 3.24 Å². The molecule has 1 aliphatic carbocycles. The Kier molecular flexibility index (Phi) is 4.25. The van der Waals surface area contributed by atoms with Gasteiger partial charge >= 0.3 is 0 Å². The van der Waals surface area contributed by atoms with E-state index in [2.05, 4.69) is 31.1 Å². The highest BCUT2D eigenvalue weighted by Gasteiger charge is 2.15. The summed E-state index contributed by atoms with van der Waals surface area (Å²) in [4.78, 5) is 2.27. The molecule has 0 spiro atoms. The van der Waals surface area contributed by atoms with Gasteiger partial charge in [-0.25, -0.2) is 0 Å². The summed E-state index contributed by atoms with van der Waals surface area (Å²) in [6.45, 7) is 1.11. The van der Waals surface area contributed by atoms with Crippen molar-refractivity contribution < 1.29 is 0 Å². The van der Waals surface area contributed by atoms with Crippen molar-refractivity contribution in [2.24, 2.45) is 0 Å². The van der Waals surface area contributed by atoms with Crippen LogP contribution >= 0.6 is 11.6 Å². The molecule has 2 heteroatoms. The molecule has 0 N–H and O–H groups in total. The first-order valence-corrected chi connectivity index (χ1v) is 6.62. The van der Waals surface area contributed by atoms with Gasteiger partial charge in [0.15, 0.2) is 0 Å². The van der Waals surface area contributed by atoms with Crippen molar-refractivity contribution in [1.29, 1.82) is 0 Å². The summed E-state index contributed by atoms with van der Waals surface area (Å²) < 4.78 is 0. The second-order valence-electron chi connectivity index (χ2n) is 5.10. The molecule has 17 heavy (non-hydrogen) atoms. The number of halogens is 1. The maximum absolute atomic E-state index is 5.91. The predicted octanol–water partition coefficient (Wildman–Crippen LogP) is 3.92. The summed E-state index contributed by atoms with van der Waals surface area (Å²) in [6, 6.07) is 8.25. The fraction of sp³-hybridized carbons (Fsp3) is 0.467. The third-order valence-electron chi connectivity index (χ3n) is 3.29. The first-order valence-electron chi connectivity index (χ1n) is 6.24. The van der Waals surface area contributed by atoms with E-state index in [9.17, 15) is 0 Å². The van der Waals surface area contributed by atoms with Crippen LogP contribution < -0.4 is 0 Å². The van der Waals surface area contributed by atoms with Gasteiger partial charge in [-0.05, 0) is 57.5 Å². The Hall–Kier alpha value is -0.790. The van der Waals surface area contributed by atoms with Crippen LogP contribution in [0.5, 0.6) is 0 Å². The lowest BCUT2D eigenvalue weighted by atomic mass is 10.0. The minimum atomic E-state index is 0.822. The first kappa shape index (κ1) is 12.7. The van der Waals surface area contributed by atoms with Crippen LogP contribution in [0.3, 0.4) is 0 Å². The van der Waals surface area contributed by atoms with Crippen molar-refractivity contribution in [3.8, 4) is 0 Å². The molecule has 0 unspecified atom stereocenters. The number of nitrogens with zero attached hydrogens (tertiary/aromatic N) is 1. The normalized spacial score (nSPS) is 16.0. The maximum atomic E-state index is 5.91. The molecule has 0 aromatic heterocycles. The molecule has 0 amide bonds. The number of hydrogen-bond acceptors (Lipinski definition) is 1. The second-order valence-corrected chi connectivity index (χ2v) is 5.54. The van der Waals surface area contributed by atoms with Crippen molar-refractivity contribution in [2.45, 2.75) is 25.7 Å². The number of likely N-dealkylation sites (N-methyl/N-ethyl adjacent to an activating group) is 1. The SMILES string of the molecule is CN(C)CC1=C(Cc2ccc(Cl)cc2)CCC1. The second kappa shape index (κ2) is 5.70. The van der Waals surface area contributed by atoms with Gasteiger partial charge < -0.3 is 4.90 Å². The molecular weight excluding hydrogens is 230 g/mol. The molecule has 1 aliphatic rings. The molecule has 1 aromatic rings. The smallest absolute Gasteiger partial charge is 0.0406 e. The van der Waals surface area contributed by atoms with Gasteiger partial charge in [0, 0.05) is 11.6 Å². The first-order chi connectivity index (χ1) is 8.15. The van der Waals surface area contributed by atoms with Crippen LogP contribution in [0.1, 0.15) is 24.8 Å². The van der Waals surface area contributed by atoms with Crippen molar-refractivity contribution in [2.75, 3.05) is 20.6 Å². The van der Waals surface area contributed by atoms with E-state index in [4.69, 9.17) is 11.6 Å². The minimum absolute atomic E-state index is 0.822. The Morgan fingerprint density at radius 2 is 1.71 bits per heavy atom. The Balaban J connectivity index is 2.08. The van der Waals surface area contributed by atoms with Crippen LogP contribution in [0.25, 0.3) is 0 Å². The lowest BCUT2D eigenvalue weighted by Gasteiger charge is -2.13. The summed E-state index contributed by atoms with van der Waals surface area (Å²) >= 11 is 5.91. The van der Waals surface area contributed by atoms with Gasteiger partial charge in [-0.1, -0.05) is 34.9 Å². The predicted molar refractivity (Wildman–Crippen MR) is 74.6 cm³/mol. The average Bonchev–Trinajstić information content (AvgIpc) is 2.68. The molecule has 0 heterocycles. The quantitative estimate of drug-likeness (QED) is 0.731. The lowest BCUT2D eigenvalue weighted by Crippen LogP contribution is -2.15. The van der Waals surface area contributed by atoms with Gasteiger partial charge in [-0.3, -0.25) is 0 Å². The van der Waals surface area contributed by atoms with Crippen LogP contribution in [-0.2, 0) is 6.42 Å². The van der Waals surface area contributed by atoms with Crippen molar-refractivity contribution in [1.82, 2.24) is 4.90 Å². The fourth-order valence-electron chi connectivity index (χ4n) is 2.50. The highest BCUT2D eigenvalue weighted by molar-refractivity contribution is 6.30. The Morgan fingerprint density at radius 1 is 1.06 bits per heavy atom. The largest absolute Gasteiger partial charge is 0.305 e. The van der Waals surface area contributed by atoms with E-state index >= 15 is 0 Å². The molecule has 1 aromatic carbocycles. The summed E-state index contributed by atoms with van der Waals surface area (Å²) in [5.41, 5.74) is 4.66. The van der Waals surface area contributed by atoms with E-state index in [0.717, 1.165) is 18.0 Å². The molecular formula is C15H20ClN. The highest BCUT2D eigenvalue weighted by Crippen LogP contribution is 2.29. The summed E-state index contributed by atoms with van der Waals surface area (Å²) in [5, 5.41) is 0.822. The number of benzene rings is 1. The van der Waals surface area contributed by atoms with Crippen molar-refractivity contribution >= 4 is 11.6 Å². The van der Waals surface area contributed by atoms with E-state index in [-0.39, 0.29) is 0 Å². The lowest BCUT2D eigenvalue weighted by molar-refractivity contribution is 0.440. The van der Waals surface area contributed by atoms with Crippen LogP contribution in [0.2, 0.25) is 5.02 Å². The summed E-state index contributed by atoms with van der Waals surface area (Å²) in [5.74, 6) is 0.